The molecule has 2 saturated heterocycles. The van der Waals surface area contributed by atoms with Gasteiger partial charge in [-0.2, -0.15) is 0 Å². The number of anilines is 1. The number of amides is 5. The average molecular weight is 387 g/mol. The summed E-state index contributed by atoms with van der Waals surface area (Å²) in [5.41, 5.74) is 5.64. The Balaban J connectivity index is 1.98. The van der Waals surface area contributed by atoms with Gasteiger partial charge in [0.1, 0.15) is 5.57 Å². The van der Waals surface area contributed by atoms with E-state index in [4.69, 9.17) is 5.73 Å². The van der Waals surface area contributed by atoms with Crippen molar-refractivity contribution in [2.75, 3.05) is 18.0 Å². The molecule has 0 unspecified atom stereocenters. The van der Waals surface area contributed by atoms with Crippen molar-refractivity contribution in [1.29, 1.82) is 0 Å². The number of imide groups is 2. The summed E-state index contributed by atoms with van der Waals surface area (Å²) in [6, 6.07) is 3.17. The van der Waals surface area contributed by atoms with Gasteiger partial charge in [-0.25, -0.2) is 4.79 Å². The second-order valence-electron chi connectivity index (χ2n) is 6.46. The minimum atomic E-state index is -0.931. The van der Waals surface area contributed by atoms with E-state index in [-0.39, 0.29) is 28.6 Å². The van der Waals surface area contributed by atoms with Gasteiger partial charge in [-0.3, -0.25) is 35.1 Å². The molecule has 0 spiro atoms. The van der Waals surface area contributed by atoms with Gasteiger partial charge >= 0.3 is 6.03 Å². The van der Waals surface area contributed by atoms with Crippen LogP contribution in [0.5, 0.6) is 0 Å². The minimum absolute atomic E-state index is 0.213. The first-order valence-electron chi connectivity index (χ1n) is 8.47. The predicted octanol–water partition coefficient (Wildman–Crippen LogP) is 0.0459. The van der Waals surface area contributed by atoms with Crippen molar-refractivity contribution in [3.63, 3.8) is 0 Å². The number of primary amides is 1. The Labute approximate surface area is 158 Å². The molecule has 0 aliphatic carbocycles. The standard InChI is InChI=1S/C17H17N5O6/c18-14(23)9-3-5-21(6-4-9)13-2-1-11(22(27)28)7-10(13)8-12-15(24)19-17(26)20-16(12)25/h1-2,7-9H,3-6H2,(H2,18,23)(H2,19,20,24,25,26). The molecule has 2 aliphatic rings. The van der Waals surface area contributed by atoms with Crippen LogP contribution in [0.25, 0.3) is 6.08 Å². The number of carbonyl (C=O) groups is 4. The van der Waals surface area contributed by atoms with E-state index in [0.29, 0.717) is 31.6 Å². The molecule has 0 atom stereocenters. The Hall–Kier alpha value is -3.76. The molecular weight excluding hydrogens is 370 g/mol. The van der Waals surface area contributed by atoms with E-state index in [1.165, 1.54) is 24.3 Å². The number of rotatable bonds is 4. The third kappa shape index (κ3) is 3.82. The van der Waals surface area contributed by atoms with Crippen LogP contribution in [-0.2, 0) is 14.4 Å². The Kier molecular flexibility index (Phi) is 5.07. The van der Waals surface area contributed by atoms with Crippen LogP contribution < -0.4 is 21.3 Å². The molecule has 1 aromatic rings. The first kappa shape index (κ1) is 19.0. The quantitative estimate of drug-likeness (QED) is 0.284. The zero-order valence-electron chi connectivity index (χ0n) is 14.6. The number of hydrogen-bond donors (Lipinski definition) is 3. The fourth-order valence-electron chi connectivity index (χ4n) is 3.23. The van der Waals surface area contributed by atoms with Crippen molar-refractivity contribution in [3.05, 3.63) is 39.4 Å². The number of nitro groups is 1. The van der Waals surface area contributed by atoms with E-state index in [1.54, 1.807) is 0 Å². The van der Waals surface area contributed by atoms with Gasteiger partial charge in [0.2, 0.25) is 5.91 Å². The van der Waals surface area contributed by atoms with Crippen LogP contribution in [0.2, 0.25) is 0 Å². The third-order valence-corrected chi connectivity index (χ3v) is 4.70. The highest BCUT2D eigenvalue weighted by Gasteiger charge is 2.29. The van der Waals surface area contributed by atoms with Crippen molar-refractivity contribution in [2.45, 2.75) is 12.8 Å². The van der Waals surface area contributed by atoms with Gasteiger partial charge in [-0.1, -0.05) is 0 Å². The number of barbiturate groups is 1. The molecule has 2 aliphatic heterocycles. The number of carbonyl (C=O) groups excluding carboxylic acids is 4. The molecule has 2 heterocycles. The Morgan fingerprint density at radius 3 is 2.32 bits per heavy atom. The maximum absolute atomic E-state index is 12.0. The molecule has 0 saturated carbocycles. The van der Waals surface area contributed by atoms with Crippen LogP contribution in [0.1, 0.15) is 18.4 Å². The van der Waals surface area contributed by atoms with Crippen molar-refractivity contribution in [2.24, 2.45) is 11.7 Å². The Morgan fingerprint density at radius 1 is 1.18 bits per heavy atom. The molecule has 4 N–H and O–H groups in total. The minimum Gasteiger partial charge on any atom is -0.371 e. The predicted molar refractivity (Wildman–Crippen MR) is 96.9 cm³/mol. The number of nitrogens with zero attached hydrogens (tertiary/aromatic N) is 2. The van der Waals surface area contributed by atoms with E-state index < -0.39 is 22.8 Å². The first-order chi connectivity index (χ1) is 13.3. The maximum Gasteiger partial charge on any atom is 0.328 e. The van der Waals surface area contributed by atoms with E-state index in [2.05, 4.69) is 0 Å². The van der Waals surface area contributed by atoms with Crippen LogP contribution in [-0.4, -0.2) is 41.8 Å². The number of nitro benzene ring substituents is 1. The molecule has 11 nitrogen and oxygen atoms in total. The normalized spacial score (nSPS) is 17.8. The molecule has 146 valence electrons. The zero-order valence-corrected chi connectivity index (χ0v) is 14.6. The van der Waals surface area contributed by atoms with E-state index in [1.807, 2.05) is 15.5 Å². The summed E-state index contributed by atoms with van der Waals surface area (Å²) < 4.78 is 0. The Bertz CT molecular complexity index is 895. The van der Waals surface area contributed by atoms with E-state index >= 15 is 0 Å². The number of nitrogens with two attached hydrogens (primary N) is 1. The molecule has 0 radical (unpaired) electrons. The molecule has 1 aromatic carbocycles. The van der Waals surface area contributed by atoms with Gasteiger partial charge in [-0.15, -0.1) is 0 Å². The summed E-state index contributed by atoms with van der Waals surface area (Å²) in [4.78, 5) is 59.0. The second-order valence-corrected chi connectivity index (χ2v) is 6.46. The lowest BCUT2D eigenvalue weighted by Crippen LogP contribution is -2.51. The lowest BCUT2D eigenvalue weighted by Gasteiger charge is -2.33. The molecular formula is C17H17N5O6. The van der Waals surface area contributed by atoms with Gasteiger partial charge in [0.05, 0.1) is 4.92 Å². The average Bonchev–Trinajstić information content (AvgIpc) is 2.64. The van der Waals surface area contributed by atoms with Crippen molar-refractivity contribution in [3.8, 4) is 0 Å². The summed E-state index contributed by atoms with van der Waals surface area (Å²) >= 11 is 0. The molecule has 11 heteroatoms. The summed E-state index contributed by atoms with van der Waals surface area (Å²) in [7, 11) is 0. The van der Waals surface area contributed by atoms with Gasteiger partial charge < -0.3 is 10.6 Å². The smallest absolute Gasteiger partial charge is 0.328 e. The van der Waals surface area contributed by atoms with E-state index in [9.17, 15) is 29.3 Å². The monoisotopic (exact) mass is 387 g/mol. The summed E-state index contributed by atoms with van der Waals surface area (Å²) in [5.74, 6) is -2.39. The van der Waals surface area contributed by atoms with Crippen LogP contribution in [0.3, 0.4) is 0 Å². The molecule has 3 rings (SSSR count). The Morgan fingerprint density at radius 2 is 1.79 bits per heavy atom. The highest BCUT2D eigenvalue weighted by atomic mass is 16.6. The van der Waals surface area contributed by atoms with Crippen LogP contribution >= 0.6 is 0 Å². The number of benzene rings is 1. The van der Waals surface area contributed by atoms with Crippen LogP contribution in [0, 0.1) is 16.0 Å². The zero-order chi connectivity index (χ0) is 20.4. The van der Waals surface area contributed by atoms with E-state index in [0.717, 1.165) is 0 Å². The number of piperidine rings is 1. The van der Waals surface area contributed by atoms with Crippen molar-refractivity contribution in [1.82, 2.24) is 10.6 Å². The summed E-state index contributed by atoms with van der Waals surface area (Å²) in [5, 5.41) is 15.1. The van der Waals surface area contributed by atoms with Gasteiger partial charge in [0.15, 0.2) is 0 Å². The molecule has 0 bridgehead atoms. The maximum atomic E-state index is 12.0. The highest BCUT2D eigenvalue weighted by molar-refractivity contribution is 6.31. The third-order valence-electron chi connectivity index (χ3n) is 4.70. The number of urea groups is 1. The van der Waals surface area contributed by atoms with Gasteiger partial charge in [0, 0.05) is 42.4 Å². The number of non-ortho nitro benzene ring substituents is 1. The number of hydrogen-bond acceptors (Lipinski definition) is 7. The van der Waals surface area contributed by atoms with Crippen molar-refractivity contribution >= 4 is 41.2 Å². The molecule has 5 amide bonds. The largest absolute Gasteiger partial charge is 0.371 e. The number of nitrogens with one attached hydrogen (secondary N) is 2. The van der Waals surface area contributed by atoms with Crippen molar-refractivity contribution < 1.29 is 24.1 Å². The van der Waals surface area contributed by atoms with Crippen LogP contribution in [0.15, 0.2) is 23.8 Å². The van der Waals surface area contributed by atoms with Gasteiger partial charge in [0.25, 0.3) is 17.5 Å². The molecule has 28 heavy (non-hydrogen) atoms. The highest BCUT2D eigenvalue weighted by Crippen LogP contribution is 2.31. The lowest BCUT2D eigenvalue weighted by atomic mass is 9.95. The fraction of sp³-hybridized carbons (Fsp3) is 0.294. The van der Waals surface area contributed by atoms with Gasteiger partial charge in [-0.05, 0) is 25.0 Å². The fourth-order valence-corrected chi connectivity index (χ4v) is 3.23. The van der Waals surface area contributed by atoms with Crippen LogP contribution in [0.4, 0.5) is 16.2 Å². The second kappa shape index (κ2) is 7.47. The topological polar surface area (TPSA) is 165 Å². The molecule has 2 fully saturated rings. The summed E-state index contributed by atoms with van der Waals surface area (Å²) in [6.07, 6.45) is 2.26. The first-order valence-corrected chi connectivity index (χ1v) is 8.47. The molecule has 0 aromatic heterocycles. The summed E-state index contributed by atoms with van der Waals surface area (Å²) in [6.45, 7) is 0.969. The SMILES string of the molecule is NC(=O)C1CCN(c2ccc([N+](=O)[O-])cc2C=C2C(=O)NC(=O)NC2=O)CC1. The lowest BCUT2D eigenvalue weighted by molar-refractivity contribution is -0.384.